The first-order valence-electron chi connectivity index (χ1n) is 6.33. The highest BCUT2D eigenvalue weighted by molar-refractivity contribution is 8.00. The summed E-state index contributed by atoms with van der Waals surface area (Å²) in [7, 11) is 1.39. The molecule has 0 aliphatic heterocycles. The molecular weight excluding hydrogens is 312 g/mol. The van der Waals surface area contributed by atoms with Crippen LogP contribution >= 0.6 is 11.8 Å². The van der Waals surface area contributed by atoms with Gasteiger partial charge >= 0.3 is 5.97 Å². The number of methoxy groups -OCH3 is 1. The summed E-state index contributed by atoms with van der Waals surface area (Å²) in [5.74, 6) is -0.492. The topological polar surface area (TPSA) is 108 Å². The van der Waals surface area contributed by atoms with E-state index < -0.39 is 16.8 Å². The van der Waals surface area contributed by atoms with E-state index in [0.717, 1.165) is 11.8 Å². The summed E-state index contributed by atoms with van der Waals surface area (Å²) in [5.41, 5.74) is -0.185. The van der Waals surface area contributed by atoms with Crippen LogP contribution in [0.2, 0.25) is 0 Å². The summed E-state index contributed by atoms with van der Waals surface area (Å²) in [6.07, 6.45) is 0. The molecule has 8 nitrogen and oxygen atoms in total. The molecule has 1 rings (SSSR count). The molecule has 0 aromatic heterocycles. The molecule has 0 fully saturated rings. The Balaban J connectivity index is 2.60. The number of anilines is 1. The van der Waals surface area contributed by atoms with Gasteiger partial charge in [-0.15, -0.1) is 11.8 Å². The molecule has 0 saturated carbocycles. The fraction of sp³-hybridized carbons (Fsp3) is 0.385. The number of thioether (sulfide) groups is 1. The zero-order chi connectivity index (χ0) is 16.5. The minimum atomic E-state index is -0.607. The van der Waals surface area contributed by atoms with Crippen LogP contribution < -0.4 is 10.1 Å². The Morgan fingerprint density at radius 3 is 2.68 bits per heavy atom. The van der Waals surface area contributed by atoms with Gasteiger partial charge in [-0.2, -0.15) is 0 Å². The molecule has 0 aliphatic rings. The quantitative estimate of drug-likeness (QED) is 0.440. The Labute approximate surface area is 131 Å². The molecule has 0 bridgehead atoms. The predicted octanol–water partition coefficient (Wildman–Crippen LogP) is 1.84. The molecule has 0 spiro atoms. The zero-order valence-electron chi connectivity index (χ0n) is 12.2. The lowest BCUT2D eigenvalue weighted by molar-refractivity contribution is -0.384. The van der Waals surface area contributed by atoms with Gasteiger partial charge in [0, 0.05) is 0 Å². The standard InChI is InChI=1S/C13H16N2O6S/c1-3-21-13(17)8-22-7-12(16)14-10-5-4-9(20-2)6-11(10)15(18)19/h4-6H,3,7-8H2,1-2H3,(H,14,16). The molecule has 1 N–H and O–H groups in total. The van der Waals surface area contributed by atoms with Crippen LogP contribution in [0.5, 0.6) is 5.75 Å². The van der Waals surface area contributed by atoms with Crippen molar-refractivity contribution in [2.45, 2.75) is 6.92 Å². The van der Waals surface area contributed by atoms with Gasteiger partial charge in [0.15, 0.2) is 0 Å². The van der Waals surface area contributed by atoms with E-state index in [1.165, 1.54) is 25.3 Å². The van der Waals surface area contributed by atoms with E-state index in [1.807, 2.05) is 0 Å². The zero-order valence-corrected chi connectivity index (χ0v) is 13.0. The Bertz CT molecular complexity index is 563. The monoisotopic (exact) mass is 328 g/mol. The van der Waals surface area contributed by atoms with Crippen LogP contribution in [0.4, 0.5) is 11.4 Å². The molecule has 0 atom stereocenters. The fourth-order valence-electron chi connectivity index (χ4n) is 1.51. The van der Waals surface area contributed by atoms with E-state index in [0.29, 0.717) is 5.75 Å². The molecule has 0 saturated heterocycles. The number of carbonyl (C=O) groups excluding carboxylic acids is 2. The number of rotatable bonds is 8. The van der Waals surface area contributed by atoms with Crippen LogP contribution in [-0.4, -0.2) is 42.0 Å². The number of benzene rings is 1. The number of hydrogen-bond donors (Lipinski definition) is 1. The van der Waals surface area contributed by atoms with Gasteiger partial charge in [0.1, 0.15) is 11.4 Å². The first kappa shape index (κ1) is 17.8. The van der Waals surface area contributed by atoms with Crippen molar-refractivity contribution in [2.75, 3.05) is 30.5 Å². The number of nitrogens with zero attached hydrogens (tertiary/aromatic N) is 1. The van der Waals surface area contributed by atoms with Crippen molar-refractivity contribution in [3.63, 3.8) is 0 Å². The largest absolute Gasteiger partial charge is 0.496 e. The van der Waals surface area contributed by atoms with Crippen LogP contribution in [-0.2, 0) is 14.3 Å². The molecule has 0 heterocycles. The van der Waals surface area contributed by atoms with Crippen LogP contribution in [0.25, 0.3) is 0 Å². The lowest BCUT2D eigenvalue weighted by Crippen LogP contribution is -2.17. The van der Waals surface area contributed by atoms with Crippen molar-refractivity contribution in [1.82, 2.24) is 0 Å². The van der Waals surface area contributed by atoms with Crippen molar-refractivity contribution in [3.8, 4) is 5.75 Å². The van der Waals surface area contributed by atoms with E-state index in [4.69, 9.17) is 9.47 Å². The molecule has 9 heteroatoms. The Kier molecular flexibility index (Phi) is 7.17. The molecule has 22 heavy (non-hydrogen) atoms. The first-order valence-corrected chi connectivity index (χ1v) is 7.49. The van der Waals surface area contributed by atoms with Crippen molar-refractivity contribution in [2.24, 2.45) is 0 Å². The van der Waals surface area contributed by atoms with Crippen LogP contribution in [0, 0.1) is 10.1 Å². The van der Waals surface area contributed by atoms with E-state index in [2.05, 4.69) is 5.32 Å². The van der Waals surface area contributed by atoms with Crippen LogP contribution in [0.15, 0.2) is 18.2 Å². The normalized spacial score (nSPS) is 9.91. The number of amides is 1. The van der Waals surface area contributed by atoms with E-state index >= 15 is 0 Å². The molecule has 1 aromatic rings. The third kappa shape index (κ3) is 5.60. The number of nitro benzene ring substituents is 1. The minimum absolute atomic E-state index is 0.0119. The van der Waals surface area contributed by atoms with Gasteiger partial charge in [-0.1, -0.05) is 0 Å². The maximum Gasteiger partial charge on any atom is 0.315 e. The number of hydrogen-bond acceptors (Lipinski definition) is 7. The molecular formula is C13H16N2O6S. The SMILES string of the molecule is CCOC(=O)CSCC(=O)Nc1ccc(OC)cc1[N+](=O)[O-]. The highest BCUT2D eigenvalue weighted by atomic mass is 32.2. The van der Waals surface area contributed by atoms with Gasteiger partial charge in [0.2, 0.25) is 5.91 Å². The van der Waals surface area contributed by atoms with Gasteiger partial charge in [0.25, 0.3) is 5.69 Å². The van der Waals surface area contributed by atoms with E-state index in [1.54, 1.807) is 6.92 Å². The van der Waals surface area contributed by atoms with Crippen LogP contribution in [0.3, 0.4) is 0 Å². The molecule has 0 radical (unpaired) electrons. The Morgan fingerprint density at radius 1 is 1.36 bits per heavy atom. The van der Waals surface area contributed by atoms with Crippen molar-refractivity contribution in [3.05, 3.63) is 28.3 Å². The summed E-state index contributed by atoms with van der Waals surface area (Å²) >= 11 is 1.07. The van der Waals surface area contributed by atoms with Gasteiger partial charge < -0.3 is 14.8 Å². The third-order valence-corrected chi connectivity index (χ3v) is 3.34. The summed E-state index contributed by atoms with van der Waals surface area (Å²) in [5, 5.41) is 13.4. The Hall–Kier alpha value is -2.29. The maximum absolute atomic E-state index is 11.7. The maximum atomic E-state index is 11.7. The highest BCUT2D eigenvalue weighted by Gasteiger charge is 2.17. The number of nitrogens with one attached hydrogen (secondary N) is 1. The number of ether oxygens (including phenoxy) is 2. The van der Waals surface area contributed by atoms with Gasteiger partial charge in [0.05, 0.1) is 36.2 Å². The lowest BCUT2D eigenvalue weighted by atomic mass is 10.2. The van der Waals surface area contributed by atoms with Crippen molar-refractivity contribution < 1.29 is 24.0 Å². The summed E-state index contributed by atoms with van der Waals surface area (Å²) in [6, 6.07) is 4.13. The molecule has 1 aromatic carbocycles. The van der Waals surface area contributed by atoms with E-state index in [9.17, 15) is 19.7 Å². The summed E-state index contributed by atoms with van der Waals surface area (Å²) in [6.45, 7) is 1.97. The van der Waals surface area contributed by atoms with Crippen LogP contribution in [0.1, 0.15) is 6.92 Å². The summed E-state index contributed by atoms with van der Waals surface area (Å²) < 4.78 is 9.63. The molecule has 1 amide bonds. The third-order valence-electron chi connectivity index (χ3n) is 2.43. The smallest absolute Gasteiger partial charge is 0.315 e. The van der Waals surface area contributed by atoms with Crippen molar-refractivity contribution in [1.29, 1.82) is 0 Å². The van der Waals surface area contributed by atoms with Gasteiger partial charge in [-0.25, -0.2) is 0 Å². The Morgan fingerprint density at radius 2 is 2.09 bits per heavy atom. The first-order chi connectivity index (χ1) is 10.5. The molecule has 0 aliphatic carbocycles. The second-order valence-electron chi connectivity index (χ2n) is 3.99. The number of esters is 1. The molecule has 120 valence electrons. The van der Waals surface area contributed by atoms with Crippen molar-refractivity contribution >= 4 is 35.0 Å². The number of nitro groups is 1. The second kappa shape index (κ2) is 8.88. The van der Waals surface area contributed by atoms with Gasteiger partial charge in [-0.3, -0.25) is 19.7 Å². The van der Waals surface area contributed by atoms with Gasteiger partial charge in [-0.05, 0) is 19.1 Å². The lowest BCUT2D eigenvalue weighted by Gasteiger charge is -2.07. The van der Waals surface area contributed by atoms with E-state index in [-0.39, 0.29) is 29.5 Å². The minimum Gasteiger partial charge on any atom is -0.496 e. The second-order valence-corrected chi connectivity index (χ2v) is 4.97. The summed E-state index contributed by atoms with van der Waals surface area (Å²) in [4.78, 5) is 33.2. The highest BCUT2D eigenvalue weighted by Crippen LogP contribution is 2.28. The average molecular weight is 328 g/mol. The fourth-order valence-corrected chi connectivity index (χ4v) is 2.12. The predicted molar refractivity (Wildman–Crippen MR) is 82.2 cm³/mol. The average Bonchev–Trinajstić information content (AvgIpc) is 2.47. The molecule has 0 unspecified atom stereocenters. The number of carbonyl (C=O) groups is 2.